The number of aryl methyl sites for hydroxylation is 1. The number of hydrogen-bond donors (Lipinski definition) is 0. The maximum Gasteiger partial charge on any atom is 0.222 e. The number of ether oxygens (including phenoxy) is 1. The molecule has 24 heavy (non-hydrogen) atoms. The van der Waals surface area contributed by atoms with Crippen molar-refractivity contribution >= 4 is 5.91 Å². The molecular weight excluding hydrogens is 319 g/mol. The Labute approximate surface area is 138 Å². The van der Waals surface area contributed by atoms with Crippen molar-refractivity contribution in [2.75, 3.05) is 14.2 Å². The van der Waals surface area contributed by atoms with Gasteiger partial charge in [-0.25, -0.2) is 13.2 Å². The normalized spacial score (nSPS) is 10.5. The van der Waals surface area contributed by atoms with Crippen LogP contribution in [0.25, 0.3) is 0 Å². The van der Waals surface area contributed by atoms with Gasteiger partial charge in [0.15, 0.2) is 11.6 Å². The number of amides is 1. The smallest absolute Gasteiger partial charge is 0.222 e. The molecule has 0 radical (unpaired) electrons. The molecular formula is C18H18F3NO2. The second-order valence-electron chi connectivity index (χ2n) is 5.45. The van der Waals surface area contributed by atoms with E-state index >= 15 is 0 Å². The third-order valence-electron chi connectivity index (χ3n) is 3.69. The molecule has 3 nitrogen and oxygen atoms in total. The number of halogens is 3. The molecule has 2 rings (SSSR count). The third kappa shape index (κ3) is 4.50. The Hall–Kier alpha value is -2.50. The van der Waals surface area contributed by atoms with E-state index in [2.05, 4.69) is 0 Å². The number of methoxy groups -OCH3 is 1. The lowest BCUT2D eigenvalue weighted by molar-refractivity contribution is -0.130. The lowest BCUT2D eigenvalue weighted by Crippen LogP contribution is -2.26. The van der Waals surface area contributed by atoms with Crippen LogP contribution in [0.5, 0.6) is 5.75 Å². The van der Waals surface area contributed by atoms with Gasteiger partial charge >= 0.3 is 0 Å². The fourth-order valence-electron chi connectivity index (χ4n) is 2.30. The lowest BCUT2D eigenvalue weighted by atomic mass is 10.1. The molecule has 1 amide bonds. The quantitative estimate of drug-likeness (QED) is 0.804. The Kier molecular flexibility index (Phi) is 5.84. The molecule has 0 aliphatic heterocycles. The molecule has 0 saturated heterocycles. The molecule has 2 aromatic rings. The van der Waals surface area contributed by atoms with Crippen LogP contribution in [0.15, 0.2) is 36.4 Å². The summed E-state index contributed by atoms with van der Waals surface area (Å²) >= 11 is 0. The van der Waals surface area contributed by atoms with Gasteiger partial charge in [-0.15, -0.1) is 0 Å². The van der Waals surface area contributed by atoms with Crippen molar-refractivity contribution in [3.8, 4) is 5.75 Å². The number of hydrogen-bond acceptors (Lipinski definition) is 2. The molecule has 0 saturated carbocycles. The molecule has 0 aromatic heterocycles. The van der Waals surface area contributed by atoms with Crippen LogP contribution in [0.3, 0.4) is 0 Å². The molecule has 2 aromatic carbocycles. The molecule has 0 fully saturated rings. The minimum absolute atomic E-state index is 0.0436. The van der Waals surface area contributed by atoms with Gasteiger partial charge < -0.3 is 9.64 Å². The van der Waals surface area contributed by atoms with E-state index in [1.54, 1.807) is 13.1 Å². The van der Waals surface area contributed by atoms with Gasteiger partial charge in [-0.3, -0.25) is 4.79 Å². The predicted molar refractivity (Wildman–Crippen MR) is 84.1 cm³/mol. The average molecular weight is 337 g/mol. The Balaban J connectivity index is 1.93. The summed E-state index contributed by atoms with van der Waals surface area (Å²) in [6, 6.07) is 7.77. The van der Waals surface area contributed by atoms with E-state index in [1.807, 2.05) is 0 Å². The summed E-state index contributed by atoms with van der Waals surface area (Å²) in [5, 5.41) is 0. The molecule has 0 bridgehead atoms. The highest BCUT2D eigenvalue weighted by molar-refractivity contribution is 5.76. The first kappa shape index (κ1) is 17.8. The lowest BCUT2D eigenvalue weighted by Gasteiger charge is -2.18. The molecule has 0 spiro atoms. The van der Waals surface area contributed by atoms with Crippen molar-refractivity contribution in [1.29, 1.82) is 0 Å². The summed E-state index contributed by atoms with van der Waals surface area (Å²) in [5.74, 6) is -1.90. The van der Waals surface area contributed by atoms with Gasteiger partial charge in [0.05, 0.1) is 7.11 Å². The minimum atomic E-state index is -0.688. The van der Waals surface area contributed by atoms with Crippen LogP contribution in [0, 0.1) is 17.5 Å². The minimum Gasteiger partial charge on any atom is -0.494 e. The second-order valence-corrected chi connectivity index (χ2v) is 5.45. The van der Waals surface area contributed by atoms with Crippen molar-refractivity contribution in [1.82, 2.24) is 4.90 Å². The van der Waals surface area contributed by atoms with Gasteiger partial charge in [-0.2, -0.15) is 0 Å². The van der Waals surface area contributed by atoms with Gasteiger partial charge in [0.2, 0.25) is 5.91 Å². The van der Waals surface area contributed by atoms with Crippen LogP contribution in [0.1, 0.15) is 17.5 Å². The van der Waals surface area contributed by atoms with Gasteiger partial charge in [-0.05, 0) is 30.2 Å². The van der Waals surface area contributed by atoms with Crippen LogP contribution in [0.2, 0.25) is 0 Å². The molecule has 6 heteroatoms. The summed E-state index contributed by atoms with van der Waals surface area (Å²) < 4.78 is 44.9. The Bertz CT molecular complexity index is 734. The van der Waals surface area contributed by atoms with Crippen LogP contribution in [-0.2, 0) is 17.8 Å². The van der Waals surface area contributed by atoms with Crippen molar-refractivity contribution in [3.63, 3.8) is 0 Å². The fourth-order valence-corrected chi connectivity index (χ4v) is 2.30. The number of benzene rings is 2. The summed E-state index contributed by atoms with van der Waals surface area (Å²) in [5.41, 5.74) is 0.908. The Morgan fingerprint density at radius 1 is 1.08 bits per heavy atom. The third-order valence-corrected chi connectivity index (χ3v) is 3.69. The zero-order valence-electron chi connectivity index (χ0n) is 13.5. The van der Waals surface area contributed by atoms with Crippen molar-refractivity contribution in [2.45, 2.75) is 19.4 Å². The first-order valence-electron chi connectivity index (χ1n) is 7.41. The zero-order valence-corrected chi connectivity index (χ0v) is 13.5. The molecule has 0 aliphatic carbocycles. The van der Waals surface area contributed by atoms with Crippen molar-refractivity contribution < 1.29 is 22.7 Å². The molecule has 128 valence electrons. The monoisotopic (exact) mass is 337 g/mol. The largest absolute Gasteiger partial charge is 0.494 e. The van der Waals surface area contributed by atoms with Gasteiger partial charge in [0.25, 0.3) is 0 Å². The highest BCUT2D eigenvalue weighted by Gasteiger charge is 2.13. The first-order chi connectivity index (χ1) is 11.4. The first-order valence-corrected chi connectivity index (χ1v) is 7.41. The van der Waals surface area contributed by atoms with Crippen LogP contribution >= 0.6 is 0 Å². The maximum atomic E-state index is 13.6. The summed E-state index contributed by atoms with van der Waals surface area (Å²) in [7, 11) is 2.92. The van der Waals surface area contributed by atoms with E-state index in [9.17, 15) is 18.0 Å². The molecule has 0 aliphatic rings. The van der Waals surface area contributed by atoms with E-state index in [1.165, 1.54) is 30.2 Å². The topological polar surface area (TPSA) is 29.5 Å². The van der Waals surface area contributed by atoms with Gasteiger partial charge in [0, 0.05) is 31.6 Å². The molecule has 0 N–H and O–H groups in total. The molecule has 0 heterocycles. The number of carbonyl (C=O) groups is 1. The van der Waals surface area contributed by atoms with E-state index in [4.69, 9.17) is 4.74 Å². The van der Waals surface area contributed by atoms with Crippen molar-refractivity contribution in [2.24, 2.45) is 0 Å². The van der Waals surface area contributed by atoms with E-state index < -0.39 is 17.5 Å². The van der Waals surface area contributed by atoms with Crippen LogP contribution < -0.4 is 4.74 Å². The van der Waals surface area contributed by atoms with E-state index in [0.717, 1.165) is 12.1 Å². The Morgan fingerprint density at radius 2 is 1.83 bits per heavy atom. The fraction of sp³-hybridized carbons (Fsp3) is 0.278. The van der Waals surface area contributed by atoms with E-state index in [-0.39, 0.29) is 30.2 Å². The van der Waals surface area contributed by atoms with Gasteiger partial charge in [0.1, 0.15) is 11.6 Å². The average Bonchev–Trinajstić information content (AvgIpc) is 2.55. The predicted octanol–water partition coefficient (Wildman–Crippen LogP) is 3.70. The van der Waals surface area contributed by atoms with Gasteiger partial charge in [-0.1, -0.05) is 12.1 Å². The van der Waals surface area contributed by atoms with E-state index in [0.29, 0.717) is 12.0 Å². The highest BCUT2D eigenvalue weighted by Crippen LogP contribution is 2.19. The number of carbonyl (C=O) groups excluding carboxylic acids is 1. The van der Waals surface area contributed by atoms with Crippen LogP contribution in [0.4, 0.5) is 13.2 Å². The standard InChI is InChI=1S/C18H18F3NO2/c1-22(11-13-5-6-14(19)10-15(13)20)18(23)8-4-12-3-7-17(24-2)16(21)9-12/h3,5-7,9-10H,4,8,11H2,1-2H3. The highest BCUT2D eigenvalue weighted by atomic mass is 19.1. The molecule has 0 atom stereocenters. The Morgan fingerprint density at radius 3 is 2.46 bits per heavy atom. The van der Waals surface area contributed by atoms with Crippen LogP contribution in [-0.4, -0.2) is 25.0 Å². The maximum absolute atomic E-state index is 13.6. The van der Waals surface area contributed by atoms with Crippen molar-refractivity contribution in [3.05, 3.63) is 65.0 Å². The number of rotatable bonds is 6. The second kappa shape index (κ2) is 7.86. The summed E-state index contributed by atoms with van der Waals surface area (Å²) in [6.45, 7) is 0.0436. The number of nitrogens with zero attached hydrogens (tertiary/aromatic N) is 1. The molecule has 0 unspecified atom stereocenters. The zero-order chi connectivity index (χ0) is 17.7. The summed E-state index contributed by atoms with van der Waals surface area (Å²) in [6.07, 6.45) is 0.515. The summed E-state index contributed by atoms with van der Waals surface area (Å²) in [4.78, 5) is 13.5. The SMILES string of the molecule is COc1ccc(CCC(=O)N(C)Cc2ccc(F)cc2F)cc1F.